The molecule has 0 fully saturated rings. The van der Waals surface area contributed by atoms with E-state index in [-0.39, 0.29) is 11.8 Å². The first-order valence-electron chi connectivity index (χ1n) is 6.00. The Balaban J connectivity index is 2.56. The Labute approximate surface area is 107 Å². The summed E-state index contributed by atoms with van der Waals surface area (Å²) in [5, 5.41) is 8.38. The Bertz CT molecular complexity index is 418. The average molecular weight is 249 g/mol. The van der Waals surface area contributed by atoms with E-state index in [2.05, 4.69) is 16.0 Å². The zero-order valence-corrected chi connectivity index (χ0v) is 10.7. The number of hydrogen-bond donors (Lipinski definition) is 3. The highest BCUT2D eigenvalue weighted by atomic mass is 16.2. The highest BCUT2D eigenvalue weighted by Gasteiger charge is 2.05. The molecule has 0 aromatic heterocycles. The van der Waals surface area contributed by atoms with Crippen molar-refractivity contribution in [3.8, 4) is 0 Å². The normalized spacial score (nSPS) is 9.89. The van der Waals surface area contributed by atoms with Crippen molar-refractivity contribution < 1.29 is 9.59 Å². The van der Waals surface area contributed by atoms with Crippen LogP contribution < -0.4 is 16.0 Å². The average Bonchev–Trinajstić information content (AvgIpc) is 2.38. The molecule has 5 nitrogen and oxygen atoms in total. The van der Waals surface area contributed by atoms with E-state index < -0.39 is 0 Å². The zero-order valence-electron chi connectivity index (χ0n) is 10.7. The summed E-state index contributed by atoms with van der Waals surface area (Å²) >= 11 is 0. The molecular formula is C13H19N3O2. The van der Waals surface area contributed by atoms with E-state index in [9.17, 15) is 9.59 Å². The molecule has 0 bridgehead atoms. The van der Waals surface area contributed by atoms with Crippen LogP contribution in [0.1, 0.15) is 23.7 Å². The zero-order chi connectivity index (χ0) is 13.4. The molecule has 0 aliphatic rings. The number of amides is 2. The van der Waals surface area contributed by atoms with Crippen molar-refractivity contribution >= 4 is 17.5 Å². The first-order chi connectivity index (χ1) is 8.67. The molecule has 0 spiro atoms. The third kappa shape index (κ3) is 4.55. The quantitative estimate of drug-likeness (QED) is 0.658. The maximum Gasteiger partial charge on any atom is 0.251 e. The van der Waals surface area contributed by atoms with Gasteiger partial charge in [-0.2, -0.15) is 0 Å². The molecule has 0 unspecified atom stereocenters. The molecule has 0 radical (unpaired) electrons. The van der Waals surface area contributed by atoms with Crippen LogP contribution in [-0.4, -0.2) is 32.0 Å². The number of nitrogens with one attached hydrogen (secondary N) is 3. The molecule has 1 rings (SSSR count). The number of rotatable bonds is 6. The predicted octanol–water partition coefficient (Wildman–Crippen LogP) is 0.984. The second-order valence-corrected chi connectivity index (χ2v) is 3.81. The fraction of sp³-hybridized carbons (Fsp3) is 0.385. The van der Waals surface area contributed by atoms with E-state index in [1.807, 2.05) is 6.92 Å². The predicted molar refractivity (Wildman–Crippen MR) is 71.6 cm³/mol. The van der Waals surface area contributed by atoms with Gasteiger partial charge in [-0.15, -0.1) is 0 Å². The Kier molecular flexibility index (Phi) is 5.87. The van der Waals surface area contributed by atoms with Gasteiger partial charge in [0.15, 0.2) is 0 Å². The van der Waals surface area contributed by atoms with Crippen molar-refractivity contribution in [1.29, 1.82) is 0 Å². The van der Waals surface area contributed by atoms with E-state index in [1.54, 1.807) is 31.3 Å². The van der Waals surface area contributed by atoms with E-state index >= 15 is 0 Å². The lowest BCUT2D eigenvalue weighted by atomic mass is 10.2. The van der Waals surface area contributed by atoms with Gasteiger partial charge in [-0.1, -0.05) is 13.0 Å². The van der Waals surface area contributed by atoms with Gasteiger partial charge in [0.25, 0.3) is 5.91 Å². The van der Waals surface area contributed by atoms with Gasteiger partial charge in [0, 0.05) is 31.3 Å². The minimum atomic E-state index is -0.168. The molecule has 18 heavy (non-hydrogen) atoms. The van der Waals surface area contributed by atoms with Gasteiger partial charge in [-0.25, -0.2) is 0 Å². The molecule has 0 aliphatic heterocycles. The summed E-state index contributed by atoms with van der Waals surface area (Å²) in [6.45, 7) is 3.49. The first-order valence-corrected chi connectivity index (χ1v) is 6.00. The number of carbonyl (C=O) groups excluding carboxylic acids is 2. The Morgan fingerprint density at radius 3 is 2.72 bits per heavy atom. The molecule has 1 aromatic rings. The molecule has 0 heterocycles. The fourth-order valence-corrected chi connectivity index (χ4v) is 1.48. The molecule has 5 heteroatoms. The van der Waals surface area contributed by atoms with Crippen molar-refractivity contribution in [3.63, 3.8) is 0 Å². The molecule has 0 saturated heterocycles. The highest BCUT2D eigenvalue weighted by Crippen LogP contribution is 2.10. The van der Waals surface area contributed by atoms with Gasteiger partial charge in [0.05, 0.1) is 0 Å². The number of benzene rings is 1. The lowest BCUT2D eigenvalue weighted by molar-refractivity contribution is -0.116. The van der Waals surface area contributed by atoms with Crippen molar-refractivity contribution in [1.82, 2.24) is 10.6 Å². The molecule has 2 amide bonds. The maximum absolute atomic E-state index is 11.6. The van der Waals surface area contributed by atoms with Crippen LogP contribution in [0.25, 0.3) is 0 Å². The minimum absolute atomic E-state index is 0.0648. The minimum Gasteiger partial charge on any atom is -0.355 e. The Morgan fingerprint density at radius 2 is 2.06 bits per heavy atom. The van der Waals surface area contributed by atoms with Gasteiger partial charge in [-0.3, -0.25) is 9.59 Å². The van der Waals surface area contributed by atoms with E-state index in [1.165, 1.54) is 0 Å². The highest BCUT2D eigenvalue weighted by molar-refractivity contribution is 5.97. The summed E-state index contributed by atoms with van der Waals surface area (Å²) in [4.78, 5) is 23.0. The molecule has 0 saturated carbocycles. The van der Waals surface area contributed by atoms with Crippen LogP contribution in [0.4, 0.5) is 5.69 Å². The third-order valence-electron chi connectivity index (χ3n) is 2.41. The summed E-state index contributed by atoms with van der Waals surface area (Å²) < 4.78 is 0. The van der Waals surface area contributed by atoms with Crippen molar-refractivity contribution in [3.05, 3.63) is 29.8 Å². The fourth-order valence-electron chi connectivity index (χ4n) is 1.48. The first kappa shape index (κ1) is 14.2. The largest absolute Gasteiger partial charge is 0.355 e. The molecule has 0 atom stereocenters. The van der Waals surface area contributed by atoms with Gasteiger partial charge in [-0.05, 0) is 24.7 Å². The lowest BCUT2D eigenvalue weighted by Crippen LogP contribution is -2.22. The summed E-state index contributed by atoms with van der Waals surface area (Å²) in [6.07, 6.45) is 0.415. The van der Waals surface area contributed by atoms with E-state index in [0.29, 0.717) is 24.2 Å². The number of carbonyl (C=O) groups is 2. The van der Waals surface area contributed by atoms with Gasteiger partial charge in [0.1, 0.15) is 0 Å². The smallest absolute Gasteiger partial charge is 0.251 e. The van der Waals surface area contributed by atoms with Gasteiger partial charge >= 0.3 is 0 Å². The van der Waals surface area contributed by atoms with Crippen LogP contribution in [0.15, 0.2) is 24.3 Å². The topological polar surface area (TPSA) is 70.2 Å². The van der Waals surface area contributed by atoms with Gasteiger partial charge in [0.2, 0.25) is 5.91 Å². The third-order valence-corrected chi connectivity index (χ3v) is 2.41. The van der Waals surface area contributed by atoms with Crippen molar-refractivity contribution in [2.45, 2.75) is 13.3 Å². The SMILES string of the molecule is CCNCCC(=O)Nc1cccc(C(=O)NC)c1. The Hall–Kier alpha value is -1.88. The van der Waals surface area contributed by atoms with E-state index in [0.717, 1.165) is 6.54 Å². The summed E-state index contributed by atoms with van der Waals surface area (Å²) in [6, 6.07) is 6.86. The summed E-state index contributed by atoms with van der Waals surface area (Å²) in [7, 11) is 1.57. The summed E-state index contributed by atoms with van der Waals surface area (Å²) in [5.41, 5.74) is 1.17. The molecule has 98 valence electrons. The van der Waals surface area contributed by atoms with Crippen LogP contribution in [0, 0.1) is 0 Å². The van der Waals surface area contributed by atoms with Crippen LogP contribution in [0.3, 0.4) is 0 Å². The number of anilines is 1. The molecule has 3 N–H and O–H groups in total. The maximum atomic E-state index is 11.6. The number of hydrogen-bond acceptors (Lipinski definition) is 3. The molecule has 1 aromatic carbocycles. The van der Waals surface area contributed by atoms with Gasteiger partial charge < -0.3 is 16.0 Å². The molecule has 0 aliphatic carbocycles. The standard InChI is InChI=1S/C13H19N3O2/c1-3-15-8-7-12(17)16-11-6-4-5-10(9-11)13(18)14-2/h4-6,9,15H,3,7-8H2,1-2H3,(H,14,18)(H,16,17). The lowest BCUT2D eigenvalue weighted by Gasteiger charge is -2.07. The van der Waals surface area contributed by atoms with Crippen LogP contribution in [0.5, 0.6) is 0 Å². The summed E-state index contributed by atoms with van der Waals surface area (Å²) in [5.74, 6) is -0.233. The Morgan fingerprint density at radius 1 is 1.28 bits per heavy atom. The van der Waals surface area contributed by atoms with Crippen LogP contribution >= 0.6 is 0 Å². The second-order valence-electron chi connectivity index (χ2n) is 3.81. The second kappa shape index (κ2) is 7.45. The monoisotopic (exact) mass is 249 g/mol. The van der Waals surface area contributed by atoms with Crippen molar-refractivity contribution in [2.75, 3.05) is 25.5 Å². The molecular weight excluding hydrogens is 230 g/mol. The van der Waals surface area contributed by atoms with Crippen LogP contribution in [0.2, 0.25) is 0 Å². The van der Waals surface area contributed by atoms with Crippen LogP contribution in [-0.2, 0) is 4.79 Å². The van der Waals surface area contributed by atoms with Crippen molar-refractivity contribution in [2.24, 2.45) is 0 Å². The van der Waals surface area contributed by atoms with E-state index in [4.69, 9.17) is 0 Å².